The number of nitrogens with one attached hydrogen (secondary N) is 2. The lowest BCUT2D eigenvalue weighted by molar-refractivity contribution is 0.323. The number of H-pyrrole nitrogens is 1. The fraction of sp³-hybridized carbons (Fsp3) is 0.300. The molecule has 0 aliphatic heterocycles. The predicted octanol–water partition coefficient (Wildman–Crippen LogP) is 3.95. The van der Waals surface area contributed by atoms with Gasteiger partial charge in [-0.15, -0.1) is 12.4 Å². The molecule has 2 N–H and O–H groups in total. The lowest BCUT2D eigenvalue weighted by atomic mass is 10.1. The van der Waals surface area contributed by atoms with Gasteiger partial charge in [0.2, 0.25) is 5.75 Å². The van der Waals surface area contributed by atoms with Crippen molar-refractivity contribution < 1.29 is 14.2 Å². The predicted molar refractivity (Wildman–Crippen MR) is 107 cm³/mol. The number of hydrogen-bond acceptors (Lipinski definition) is 4. The van der Waals surface area contributed by atoms with Gasteiger partial charge in [0.15, 0.2) is 11.5 Å². The van der Waals surface area contributed by atoms with Crippen molar-refractivity contribution >= 4 is 23.3 Å². The van der Waals surface area contributed by atoms with Gasteiger partial charge in [-0.05, 0) is 42.3 Å². The van der Waals surface area contributed by atoms with E-state index in [0.717, 1.165) is 25.1 Å². The smallest absolute Gasteiger partial charge is 0.203 e. The van der Waals surface area contributed by atoms with Crippen LogP contribution in [0.5, 0.6) is 17.2 Å². The van der Waals surface area contributed by atoms with E-state index in [1.807, 2.05) is 18.2 Å². The SMILES string of the molecule is COc1cc(CNCCc2c[nH]c3ccccc23)cc(OC)c1OC.Cl. The zero-order valence-corrected chi connectivity index (χ0v) is 16.1. The minimum Gasteiger partial charge on any atom is -0.493 e. The number of methoxy groups -OCH3 is 3. The summed E-state index contributed by atoms with van der Waals surface area (Å²) in [6.07, 6.45) is 3.06. The van der Waals surface area contributed by atoms with Gasteiger partial charge in [-0.2, -0.15) is 0 Å². The Balaban J connectivity index is 0.00000243. The maximum atomic E-state index is 5.40. The second kappa shape index (κ2) is 9.36. The van der Waals surface area contributed by atoms with Gasteiger partial charge in [-0.25, -0.2) is 0 Å². The summed E-state index contributed by atoms with van der Waals surface area (Å²) >= 11 is 0. The Labute approximate surface area is 160 Å². The number of fused-ring (bicyclic) bond motifs is 1. The lowest BCUT2D eigenvalue weighted by Gasteiger charge is -2.14. The fourth-order valence-corrected chi connectivity index (χ4v) is 3.03. The summed E-state index contributed by atoms with van der Waals surface area (Å²) in [5.74, 6) is 1.97. The maximum Gasteiger partial charge on any atom is 0.203 e. The molecule has 0 spiro atoms. The molecule has 3 aromatic rings. The van der Waals surface area contributed by atoms with Crippen molar-refractivity contribution in [1.29, 1.82) is 0 Å². The van der Waals surface area contributed by atoms with Crippen LogP contribution in [-0.2, 0) is 13.0 Å². The molecule has 6 heteroatoms. The van der Waals surface area contributed by atoms with Gasteiger partial charge in [0.1, 0.15) is 0 Å². The van der Waals surface area contributed by atoms with Crippen molar-refractivity contribution in [2.45, 2.75) is 13.0 Å². The van der Waals surface area contributed by atoms with E-state index >= 15 is 0 Å². The molecule has 5 nitrogen and oxygen atoms in total. The molecule has 0 radical (unpaired) electrons. The zero-order valence-electron chi connectivity index (χ0n) is 15.3. The third-order valence-corrected chi connectivity index (χ3v) is 4.30. The Morgan fingerprint density at radius 3 is 2.31 bits per heavy atom. The molecule has 0 fully saturated rings. The van der Waals surface area contributed by atoms with Crippen molar-refractivity contribution in [3.05, 3.63) is 53.7 Å². The van der Waals surface area contributed by atoms with Crippen LogP contribution in [0.2, 0.25) is 0 Å². The Bertz CT molecular complexity index is 823. The number of aromatic amines is 1. The normalized spacial score (nSPS) is 10.4. The van der Waals surface area contributed by atoms with Gasteiger partial charge in [0, 0.05) is 23.6 Å². The largest absolute Gasteiger partial charge is 0.493 e. The van der Waals surface area contributed by atoms with Crippen molar-refractivity contribution in [3.63, 3.8) is 0 Å². The molecule has 2 aromatic carbocycles. The molecule has 26 heavy (non-hydrogen) atoms. The first-order chi connectivity index (χ1) is 12.3. The number of aromatic nitrogens is 1. The highest BCUT2D eigenvalue weighted by atomic mass is 35.5. The van der Waals surface area contributed by atoms with Gasteiger partial charge in [0.25, 0.3) is 0 Å². The summed E-state index contributed by atoms with van der Waals surface area (Å²) < 4.78 is 16.1. The summed E-state index contributed by atoms with van der Waals surface area (Å²) in [6, 6.07) is 12.3. The molecule has 3 rings (SSSR count). The molecule has 1 heterocycles. The fourth-order valence-electron chi connectivity index (χ4n) is 3.03. The first kappa shape index (κ1) is 19.9. The van der Waals surface area contributed by atoms with E-state index in [1.54, 1.807) is 21.3 Å². The second-order valence-electron chi connectivity index (χ2n) is 5.82. The number of para-hydroxylation sites is 1. The van der Waals surface area contributed by atoms with E-state index < -0.39 is 0 Å². The molecule has 0 atom stereocenters. The van der Waals surface area contributed by atoms with Crippen LogP contribution >= 0.6 is 12.4 Å². The number of ether oxygens (including phenoxy) is 3. The van der Waals surface area contributed by atoms with Crippen LogP contribution in [0, 0.1) is 0 Å². The quantitative estimate of drug-likeness (QED) is 0.584. The minimum atomic E-state index is 0. The lowest BCUT2D eigenvalue weighted by Crippen LogP contribution is -2.16. The average molecular weight is 377 g/mol. The second-order valence-corrected chi connectivity index (χ2v) is 5.82. The monoisotopic (exact) mass is 376 g/mol. The standard InChI is InChI=1S/C20H24N2O3.ClH/c1-23-18-10-14(11-19(24-2)20(18)25-3)12-21-9-8-15-13-22-17-7-5-4-6-16(15)17;/h4-7,10-11,13,21-22H,8-9,12H2,1-3H3;1H. The van der Waals surface area contributed by atoms with E-state index in [1.165, 1.54) is 16.5 Å². The van der Waals surface area contributed by atoms with Crippen molar-refractivity contribution in [2.24, 2.45) is 0 Å². The Kier molecular flexibility index (Phi) is 7.18. The molecule has 140 valence electrons. The topological polar surface area (TPSA) is 55.5 Å². The average Bonchev–Trinajstić information content (AvgIpc) is 3.07. The summed E-state index contributed by atoms with van der Waals surface area (Å²) in [5, 5.41) is 4.77. The van der Waals surface area contributed by atoms with Crippen molar-refractivity contribution in [3.8, 4) is 17.2 Å². The minimum absolute atomic E-state index is 0. The van der Waals surface area contributed by atoms with Crippen LogP contribution in [0.3, 0.4) is 0 Å². The highest BCUT2D eigenvalue weighted by Gasteiger charge is 2.12. The van der Waals surface area contributed by atoms with E-state index in [-0.39, 0.29) is 12.4 Å². The third-order valence-electron chi connectivity index (χ3n) is 4.30. The third kappa shape index (κ3) is 4.23. The molecular weight excluding hydrogens is 352 g/mol. The van der Waals surface area contributed by atoms with Crippen LogP contribution in [-0.4, -0.2) is 32.9 Å². The summed E-state index contributed by atoms with van der Waals surface area (Å²) in [4.78, 5) is 3.31. The number of benzene rings is 2. The van der Waals surface area contributed by atoms with Crippen molar-refractivity contribution in [2.75, 3.05) is 27.9 Å². The summed E-state index contributed by atoms with van der Waals surface area (Å²) in [5.41, 5.74) is 3.60. The van der Waals surface area contributed by atoms with Crippen molar-refractivity contribution in [1.82, 2.24) is 10.3 Å². The molecule has 0 bridgehead atoms. The van der Waals surface area contributed by atoms with E-state index in [9.17, 15) is 0 Å². The maximum absolute atomic E-state index is 5.40. The summed E-state index contributed by atoms with van der Waals surface area (Å²) in [6.45, 7) is 1.62. The number of rotatable bonds is 8. The van der Waals surface area contributed by atoms with Crippen LogP contribution in [0.15, 0.2) is 42.6 Å². The van der Waals surface area contributed by atoms with Gasteiger partial charge in [-0.1, -0.05) is 18.2 Å². The van der Waals surface area contributed by atoms with Gasteiger partial charge in [0.05, 0.1) is 21.3 Å². The molecule has 0 amide bonds. The number of hydrogen-bond donors (Lipinski definition) is 2. The first-order valence-electron chi connectivity index (χ1n) is 8.31. The van der Waals surface area contributed by atoms with E-state index in [0.29, 0.717) is 17.2 Å². The van der Waals surface area contributed by atoms with Crippen LogP contribution in [0.4, 0.5) is 0 Å². The first-order valence-corrected chi connectivity index (χ1v) is 8.31. The van der Waals surface area contributed by atoms with Gasteiger partial charge < -0.3 is 24.5 Å². The van der Waals surface area contributed by atoms with Crippen LogP contribution < -0.4 is 19.5 Å². The Morgan fingerprint density at radius 1 is 0.962 bits per heavy atom. The van der Waals surface area contributed by atoms with Gasteiger partial charge in [-0.3, -0.25) is 0 Å². The molecular formula is C20H25ClN2O3. The number of halogens is 1. The molecule has 0 aliphatic carbocycles. The van der Waals surface area contributed by atoms with Crippen LogP contribution in [0.25, 0.3) is 10.9 Å². The highest BCUT2D eigenvalue weighted by Crippen LogP contribution is 2.38. The van der Waals surface area contributed by atoms with Crippen LogP contribution in [0.1, 0.15) is 11.1 Å². The van der Waals surface area contributed by atoms with E-state index in [4.69, 9.17) is 14.2 Å². The molecule has 0 saturated heterocycles. The molecule has 0 aliphatic rings. The van der Waals surface area contributed by atoms with Gasteiger partial charge >= 0.3 is 0 Å². The Hall–Kier alpha value is -2.37. The highest BCUT2D eigenvalue weighted by molar-refractivity contribution is 5.85. The molecule has 0 unspecified atom stereocenters. The molecule has 0 saturated carbocycles. The van der Waals surface area contributed by atoms with E-state index in [2.05, 4.69) is 34.7 Å². The zero-order chi connectivity index (χ0) is 17.6. The summed E-state index contributed by atoms with van der Waals surface area (Å²) in [7, 11) is 4.87. The Morgan fingerprint density at radius 2 is 1.65 bits per heavy atom. The molecule has 1 aromatic heterocycles.